The molecule has 2 unspecified atom stereocenters. The van der Waals surface area contributed by atoms with Crippen molar-refractivity contribution < 1.29 is 5.11 Å². The molecule has 14 heavy (non-hydrogen) atoms. The maximum Gasteiger partial charge on any atom is 0.0774 e. The molecule has 3 nitrogen and oxygen atoms in total. The minimum absolute atomic E-state index is 0.423. The quantitative estimate of drug-likeness (QED) is 0.618. The third-order valence-corrected chi connectivity index (χ3v) is 3.57. The van der Waals surface area contributed by atoms with Crippen LogP contribution in [0, 0.1) is 5.92 Å². The van der Waals surface area contributed by atoms with Crippen LogP contribution in [0.2, 0.25) is 0 Å². The molecule has 1 aliphatic heterocycles. The van der Waals surface area contributed by atoms with Gasteiger partial charge in [-0.25, -0.2) is 0 Å². The molecule has 0 bridgehead atoms. The number of hydrogen-bond acceptors (Lipinski definition) is 3. The van der Waals surface area contributed by atoms with Gasteiger partial charge in [0, 0.05) is 25.7 Å². The monoisotopic (exact) mass is 198 g/mol. The summed E-state index contributed by atoms with van der Waals surface area (Å²) in [6, 6.07) is 0.594. The predicted octanol–water partition coefficient (Wildman–Crippen LogP) is 0.489. The van der Waals surface area contributed by atoms with Crippen LogP contribution in [0.3, 0.4) is 0 Å². The summed E-state index contributed by atoms with van der Waals surface area (Å²) >= 11 is 0. The zero-order valence-corrected chi connectivity index (χ0v) is 9.05. The highest BCUT2D eigenvalue weighted by atomic mass is 16.3. The van der Waals surface area contributed by atoms with Crippen LogP contribution in [0.5, 0.6) is 0 Å². The largest absolute Gasteiger partial charge is 0.389 e. The number of hydrogen-bond donors (Lipinski definition) is 3. The van der Waals surface area contributed by atoms with Gasteiger partial charge in [0.05, 0.1) is 5.60 Å². The van der Waals surface area contributed by atoms with Crippen molar-refractivity contribution in [2.24, 2.45) is 5.92 Å². The van der Waals surface area contributed by atoms with E-state index in [0.717, 1.165) is 32.5 Å². The molecule has 1 heterocycles. The van der Waals surface area contributed by atoms with Crippen LogP contribution in [0.4, 0.5) is 0 Å². The summed E-state index contributed by atoms with van der Waals surface area (Å²) in [5.74, 6) is 0.690. The van der Waals surface area contributed by atoms with Crippen molar-refractivity contribution in [2.75, 3.05) is 19.6 Å². The fourth-order valence-electron chi connectivity index (χ4n) is 2.56. The molecule has 2 fully saturated rings. The molecule has 2 atom stereocenters. The van der Waals surface area contributed by atoms with Crippen molar-refractivity contribution in [2.45, 2.75) is 44.2 Å². The zero-order chi connectivity index (χ0) is 10.0. The Labute approximate surface area is 86.3 Å². The second kappa shape index (κ2) is 4.17. The molecule has 1 saturated heterocycles. The summed E-state index contributed by atoms with van der Waals surface area (Å²) in [4.78, 5) is 0. The first-order valence-electron chi connectivity index (χ1n) is 5.84. The van der Waals surface area contributed by atoms with E-state index in [0.29, 0.717) is 12.0 Å². The molecule has 3 heteroatoms. The van der Waals surface area contributed by atoms with E-state index in [-0.39, 0.29) is 0 Å². The molecular weight excluding hydrogens is 176 g/mol. The van der Waals surface area contributed by atoms with Gasteiger partial charge in [-0.15, -0.1) is 0 Å². The summed E-state index contributed by atoms with van der Waals surface area (Å²) in [5.41, 5.74) is -0.423. The molecule has 0 aromatic carbocycles. The predicted molar refractivity (Wildman–Crippen MR) is 57.2 cm³/mol. The normalized spacial score (nSPS) is 39.4. The maximum absolute atomic E-state index is 10.3. The van der Waals surface area contributed by atoms with Gasteiger partial charge in [-0.3, -0.25) is 0 Å². The Hall–Kier alpha value is -0.120. The highest BCUT2D eigenvalue weighted by molar-refractivity contribution is 4.90. The fraction of sp³-hybridized carbons (Fsp3) is 1.00. The van der Waals surface area contributed by atoms with Gasteiger partial charge in [-0.2, -0.15) is 0 Å². The average Bonchev–Trinajstić information content (AvgIpc) is 2.00. The van der Waals surface area contributed by atoms with Crippen LogP contribution in [-0.2, 0) is 0 Å². The molecule has 0 aromatic rings. The maximum atomic E-state index is 10.3. The number of aliphatic hydroxyl groups is 1. The third-order valence-electron chi connectivity index (χ3n) is 3.57. The standard InChI is InChI=1S/C11H22N2O/c1-9-3-2-4-11(14,5-9)8-13-10-6-12-7-10/h9-10,12-14H,2-8H2,1H3. The second-order valence-corrected chi connectivity index (χ2v) is 5.16. The highest BCUT2D eigenvalue weighted by Gasteiger charge is 2.33. The van der Waals surface area contributed by atoms with Crippen molar-refractivity contribution in [1.29, 1.82) is 0 Å². The molecule has 1 aliphatic carbocycles. The van der Waals surface area contributed by atoms with Gasteiger partial charge < -0.3 is 15.7 Å². The topological polar surface area (TPSA) is 44.3 Å². The van der Waals surface area contributed by atoms with E-state index in [1.165, 1.54) is 12.8 Å². The van der Waals surface area contributed by atoms with Gasteiger partial charge in [0.1, 0.15) is 0 Å². The molecule has 0 spiro atoms. The van der Waals surface area contributed by atoms with Gasteiger partial charge in [0.2, 0.25) is 0 Å². The van der Waals surface area contributed by atoms with Crippen LogP contribution < -0.4 is 10.6 Å². The first kappa shape index (κ1) is 10.4. The van der Waals surface area contributed by atoms with E-state index in [9.17, 15) is 5.11 Å². The van der Waals surface area contributed by atoms with Crippen LogP contribution in [-0.4, -0.2) is 36.4 Å². The van der Waals surface area contributed by atoms with Gasteiger partial charge in [0.15, 0.2) is 0 Å². The smallest absolute Gasteiger partial charge is 0.0774 e. The molecular formula is C11H22N2O. The van der Waals surface area contributed by atoms with Gasteiger partial charge in [-0.1, -0.05) is 19.8 Å². The molecule has 82 valence electrons. The molecule has 3 N–H and O–H groups in total. The Morgan fingerprint density at radius 2 is 2.29 bits per heavy atom. The fourth-order valence-corrected chi connectivity index (χ4v) is 2.56. The SMILES string of the molecule is CC1CCCC(O)(CNC2CNC2)C1. The Kier molecular flexibility index (Phi) is 3.10. The lowest BCUT2D eigenvalue weighted by Gasteiger charge is -2.38. The molecule has 2 rings (SSSR count). The average molecular weight is 198 g/mol. The van der Waals surface area contributed by atoms with E-state index in [1.807, 2.05) is 0 Å². The Morgan fingerprint density at radius 1 is 1.50 bits per heavy atom. The summed E-state index contributed by atoms with van der Waals surface area (Å²) < 4.78 is 0. The van der Waals surface area contributed by atoms with Crippen molar-refractivity contribution in [3.8, 4) is 0 Å². The lowest BCUT2D eigenvalue weighted by Crippen LogP contribution is -2.58. The lowest BCUT2D eigenvalue weighted by atomic mass is 9.79. The molecule has 0 aromatic heterocycles. The minimum Gasteiger partial charge on any atom is -0.389 e. The Balaban J connectivity index is 1.75. The molecule has 1 saturated carbocycles. The van der Waals surface area contributed by atoms with Crippen molar-refractivity contribution in [1.82, 2.24) is 10.6 Å². The first-order chi connectivity index (χ1) is 6.68. The highest BCUT2D eigenvalue weighted by Crippen LogP contribution is 2.31. The molecule has 0 radical (unpaired) electrons. The van der Waals surface area contributed by atoms with E-state index < -0.39 is 5.60 Å². The summed E-state index contributed by atoms with van der Waals surface area (Å²) in [5, 5.41) is 17.0. The first-order valence-corrected chi connectivity index (χ1v) is 5.84. The van der Waals surface area contributed by atoms with Crippen LogP contribution in [0.15, 0.2) is 0 Å². The molecule has 2 aliphatic rings. The van der Waals surface area contributed by atoms with Crippen molar-refractivity contribution in [3.63, 3.8) is 0 Å². The van der Waals surface area contributed by atoms with Gasteiger partial charge in [0.25, 0.3) is 0 Å². The van der Waals surface area contributed by atoms with Crippen LogP contribution in [0.1, 0.15) is 32.6 Å². The van der Waals surface area contributed by atoms with Gasteiger partial charge in [-0.05, 0) is 18.8 Å². The Morgan fingerprint density at radius 3 is 2.86 bits per heavy atom. The summed E-state index contributed by atoms with van der Waals surface area (Å²) in [6.07, 6.45) is 4.42. The van der Waals surface area contributed by atoms with Crippen molar-refractivity contribution in [3.05, 3.63) is 0 Å². The van der Waals surface area contributed by atoms with Gasteiger partial charge >= 0.3 is 0 Å². The second-order valence-electron chi connectivity index (χ2n) is 5.16. The van der Waals surface area contributed by atoms with E-state index in [2.05, 4.69) is 17.6 Å². The minimum atomic E-state index is -0.423. The van der Waals surface area contributed by atoms with Crippen LogP contribution >= 0.6 is 0 Å². The van der Waals surface area contributed by atoms with Crippen LogP contribution in [0.25, 0.3) is 0 Å². The van der Waals surface area contributed by atoms with E-state index in [4.69, 9.17) is 0 Å². The van der Waals surface area contributed by atoms with Crippen molar-refractivity contribution >= 4 is 0 Å². The zero-order valence-electron chi connectivity index (χ0n) is 9.05. The summed E-state index contributed by atoms with van der Waals surface area (Å²) in [6.45, 7) is 5.15. The number of nitrogens with one attached hydrogen (secondary N) is 2. The summed E-state index contributed by atoms with van der Waals surface area (Å²) in [7, 11) is 0. The molecule has 0 amide bonds. The lowest BCUT2D eigenvalue weighted by molar-refractivity contribution is -0.0148. The Bertz CT molecular complexity index is 194. The van der Waals surface area contributed by atoms with E-state index in [1.54, 1.807) is 0 Å². The number of rotatable bonds is 3. The third kappa shape index (κ3) is 2.47. The van der Waals surface area contributed by atoms with E-state index >= 15 is 0 Å².